The highest BCUT2D eigenvalue weighted by Crippen LogP contribution is 2.27. The summed E-state index contributed by atoms with van der Waals surface area (Å²) in [5.74, 6) is 0.899. The van der Waals surface area contributed by atoms with Crippen LogP contribution in [-0.4, -0.2) is 34.3 Å². The molecule has 0 amide bonds. The highest BCUT2D eigenvalue weighted by molar-refractivity contribution is 9.10. The summed E-state index contributed by atoms with van der Waals surface area (Å²) in [5.41, 5.74) is 0. The second-order valence-electron chi connectivity index (χ2n) is 4.07. The summed E-state index contributed by atoms with van der Waals surface area (Å²) in [6.45, 7) is 1.15. The first kappa shape index (κ1) is 11.8. The maximum atomic E-state index is 9.44. The lowest BCUT2D eigenvalue weighted by Crippen LogP contribution is -2.38. The average Bonchev–Trinajstić information content (AvgIpc) is 2.54. The number of nitrogens with zero attached hydrogens (tertiary/aromatic N) is 3. The lowest BCUT2D eigenvalue weighted by Gasteiger charge is -2.30. The minimum atomic E-state index is 0.189. The molecule has 1 aromatic rings. The van der Waals surface area contributed by atoms with Gasteiger partial charge >= 0.3 is 0 Å². The summed E-state index contributed by atoms with van der Waals surface area (Å²) in [6, 6.07) is 0.189. The molecular formula is C11H16BrN3O. The summed E-state index contributed by atoms with van der Waals surface area (Å²) < 4.78 is 0.898. The molecule has 1 fully saturated rings. The van der Waals surface area contributed by atoms with E-state index in [4.69, 9.17) is 0 Å². The van der Waals surface area contributed by atoms with Crippen molar-refractivity contribution >= 4 is 21.7 Å². The Morgan fingerprint density at radius 2 is 2.31 bits per heavy atom. The van der Waals surface area contributed by atoms with Gasteiger partial charge in [-0.2, -0.15) is 0 Å². The van der Waals surface area contributed by atoms with Crippen LogP contribution < -0.4 is 4.90 Å². The number of aromatic nitrogens is 2. The van der Waals surface area contributed by atoms with Gasteiger partial charge in [0, 0.05) is 12.7 Å². The van der Waals surface area contributed by atoms with Crippen LogP contribution in [0.25, 0.3) is 0 Å². The van der Waals surface area contributed by atoms with Crippen molar-refractivity contribution in [2.24, 2.45) is 0 Å². The van der Waals surface area contributed by atoms with E-state index in [0.717, 1.165) is 29.7 Å². The van der Waals surface area contributed by atoms with Gasteiger partial charge in [0.15, 0.2) is 0 Å². The zero-order chi connectivity index (χ0) is 11.4. The van der Waals surface area contributed by atoms with Gasteiger partial charge in [-0.15, -0.1) is 0 Å². The maximum Gasteiger partial charge on any atom is 0.146 e. The smallest absolute Gasteiger partial charge is 0.146 e. The van der Waals surface area contributed by atoms with E-state index >= 15 is 0 Å². The Morgan fingerprint density at radius 3 is 3.06 bits per heavy atom. The molecule has 2 rings (SSSR count). The van der Waals surface area contributed by atoms with Crippen molar-refractivity contribution in [2.75, 3.05) is 18.1 Å². The van der Waals surface area contributed by atoms with Crippen molar-refractivity contribution in [3.05, 3.63) is 17.0 Å². The Labute approximate surface area is 104 Å². The molecule has 1 aliphatic rings. The van der Waals surface area contributed by atoms with Crippen molar-refractivity contribution in [1.29, 1.82) is 0 Å². The van der Waals surface area contributed by atoms with E-state index in [1.54, 1.807) is 12.5 Å². The molecule has 1 N–H and O–H groups in total. The van der Waals surface area contributed by atoms with Crippen LogP contribution in [0, 0.1) is 0 Å². The first-order valence-corrected chi connectivity index (χ1v) is 6.45. The molecule has 88 valence electrons. The molecule has 0 spiro atoms. The molecule has 5 heteroatoms. The quantitative estimate of drug-likeness (QED) is 0.903. The van der Waals surface area contributed by atoms with Gasteiger partial charge in [-0.05, 0) is 28.8 Å². The van der Waals surface area contributed by atoms with Crippen molar-refractivity contribution in [3.8, 4) is 0 Å². The zero-order valence-corrected chi connectivity index (χ0v) is 10.7. The van der Waals surface area contributed by atoms with Crippen molar-refractivity contribution < 1.29 is 5.11 Å². The van der Waals surface area contributed by atoms with E-state index in [2.05, 4.69) is 30.8 Å². The van der Waals surface area contributed by atoms with Crippen LogP contribution in [0.3, 0.4) is 0 Å². The van der Waals surface area contributed by atoms with E-state index in [1.807, 2.05) is 0 Å². The second kappa shape index (κ2) is 5.59. The fraction of sp³-hybridized carbons (Fsp3) is 0.636. The molecule has 1 atom stereocenters. The van der Waals surface area contributed by atoms with E-state index in [-0.39, 0.29) is 12.6 Å². The van der Waals surface area contributed by atoms with Crippen LogP contribution >= 0.6 is 15.9 Å². The summed E-state index contributed by atoms with van der Waals surface area (Å²) in [4.78, 5) is 10.5. The molecule has 1 aromatic heterocycles. The van der Waals surface area contributed by atoms with Gasteiger partial charge in [0.1, 0.15) is 12.1 Å². The van der Waals surface area contributed by atoms with Gasteiger partial charge in [-0.3, -0.25) is 0 Å². The monoisotopic (exact) mass is 285 g/mol. The van der Waals surface area contributed by atoms with E-state index in [0.29, 0.717) is 0 Å². The summed E-state index contributed by atoms with van der Waals surface area (Å²) in [6.07, 6.45) is 7.92. The van der Waals surface area contributed by atoms with Gasteiger partial charge in [0.25, 0.3) is 0 Å². The molecule has 16 heavy (non-hydrogen) atoms. The number of anilines is 1. The SMILES string of the molecule is OCC1CCCCCN1c1ncncc1Br. The summed E-state index contributed by atoms with van der Waals surface area (Å²) >= 11 is 3.47. The molecular weight excluding hydrogens is 270 g/mol. The minimum absolute atomic E-state index is 0.189. The maximum absolute atomic E-state index is 9.44. The predicted octanol–water partition coefficient (Wildman–Crippen LogP) is 1.98. The number of halogens is 1. The van der Waals surface area contributed by atoms with Crippen LogP contribution in [0.5, 0.6) is 0 Å². The molecule has 1 aliphatic heterocycles. The highest BCUT2D eigenvalue weighted by atomic mass is 79.9. The van der Waals surface area contributed by atoms with Gasteiger partial charge in [-0.1, -0.05) is 12.8 Å². The van der Waals surface area contributed by atoms with E-state index in [9.17, 15) is 5.11 Å². The molecule has 4 nitrogen and oxygen atoms in total. The predicted molar refractivity (Wildman–Crippen MR) is 66.4 cm³/mol. The molecule has 2 heterocycles. The molecule has 0 saturated carbocycles. The molecule has 1 unspecified atom stereocenters. The third-order valence-electron chi connectivity index (χ3n) is 3.01. The van der Waals surface area contributed by atoms with Gasteiger partial charge in [0.2, 0.25) is 0 Å². The first-order valence-electron chi connectivity index (χ1n) is 5.66. The van der Waals surface area contributed by atoms with E-state index in [1.165, 1.54) is 12.8 Å². The minimum Gasteiger partial charge on any atom is -0.394 e. The second-order valence-corrected chi connectivity index (χ2v) is 4.93. The Morgan fingerprint density at radius 1 is 1.44 bits per heavy atom. The number of aliphatic hydroxyl groups is 1. The first-order chi connectivity index (χ1) is 7.83. The van der Waals surface area contributed by atoms with Crippen LogP contribution in [0.1, 0.15) is 25.7 Å². The van der Waals surface area contributed by atoms with Crippen LogP contribution in [0.2, 0.25) is 0 Å². The largest absolute Gasteiger partial charge is 0.394 e. The number of aliphatic hydroxyl groups excluding tert-OH is 1. The van der Waals surface area contributed by atoms with Crippen LogP contribution in [-0.2, 0) is 0 Å². The summed E-state index contributed by atoms with van der Waals surface area (Å²) in [7, 11) is 0. The number of hydrogen-bond donors (Lipinski definition) is 1. The zero-order valence-electron chi connectivity index (χ0n) is 9.14. The Kier molecular flexibility index (Phi) is 4.12. The van der Waals surface area contributed by atoms with Crippen LogP contribution in [0.4, 0.5) is 5.82 Å². The lowest BCUT2D eigenvalue weighted by atomic mass is 10.1. The van der Waals surface area contributed by atoms with E-state index < -0.39 is 0 Å². The standard InChI is InChI=1S/C11H16BrN3O/c12-10-6-13-8-14-11(10)15-5-3-1-2-4-9(15)7-16/h6,8-9,16H,1-5,7H2. The Bertz CT molecular complexity index is 348. The molecule has 1 saturated heterocycles. The average molecular weight is 286 g/mol. The van der Waals surface area contributed by atoms with Crippen molar-refractivity contribution in [2.45, 2.75) is 31.7 Å². The number of rotatable bonds is 2. The Balaban J connectivity index is 2.25. The van der Waals surface area contributed by atoms with Gasteiger partial charge in [0.05, 0.1) is 17.1 Å². The molecule has 0 aliphatic carbocycles. The lowest BCUT2D eigenvalue weighted by molar-refractivity contribution is 0.254. The normalized spacial score (nSPS) is 21.9. The third kappa shape index (κ3) is 2.52. The fourth-order valence-electron chi connectivity index (χ4n) is 2.16. The molecule has 0 radical (unpaired) electrons. The molecule has 0 bridgehead atoms. The molecule has 0 aromatic carbocycles. The van der Waals surface area contributed by atoms with Crippen molar-refractivity contribution in [3.63, 3.8) is 0 Å². The summed E-state index contributed by atoms with van der Waals surface area (Å²) in [5, 5.41) is 9.44. The fourth-order valence-corrected chi connectivity index (χ4v) is 2.61. The topological polar surface area (TPSA) is 49.2 Å². The van der Waals surface area contributed by atoms with Gasteiger partial charge < -0.3 is 10.0 Å². The van der Waals surface area contributed by atoms with Crippen molar-refractivity contribution in [1.82, 2.24) is 9.97 Å². The van der Waals surface area contributed by atoms with Gasteiger partial charge in [-0.25, -0.2) is 9.97 Å². The number of hydrogen-bond acceptors (Lipinski definition) is 4. The third-order valence-corrected chi connectivity index (χ3v) is 3.57. The Hall–Kier alpha value is -0.680. The van der Waals surface area contributed by atoms with Crippen LogP contribution in [0.15, 0.2) is 17.0 Å². The highest BCUT2D eigenvalue weighted by Gasteiger charge is 2.22.